The van der Waals surface area contributed by atoms with Gasteiger partial charge in [0.05, 0.1) is 31.3 Å². The Labute approximate surface area is 387 Å². The van der Waals surface area contributed by atoms with Gasteiger partial charge in [0.2, 0.25) is 0 Å². The fraction of sp³-hybridized carbons (Fsp3) is 0.938. The molecule has 0 radical (unpaired) electrons. The number of allylic oxidation sites excluding steroid dienone is 2. The lowest BCUT2D eigenvalue weighted by Crippen LogP contribution is -2.68. The second-order valence-corrected chi connectivity index (χ2v) is 23.5. The molecule has 8 aliphatic rings. The number of carboxylic acids is 1. The Morgan fingerprint density at radius 3 is 1.71 bits per heavy atom. The number of carbonyl (C=O) groups is 1. The van der Waals surface area contributed by atoms with E-state index in [-0.39, 0.29) is 33.5 Å². The van der Waals surface area contributed by atoms with E-state index in [0.29, 0.717) is 25.2 Å². The molecule has 18 heteroatoms. The highest BCUT2D eigenvalue weighted by atomic mass is 16.8. The van der Waals surface area contributed by atoms with Crippen molar-refractivity contribution in [3.8, 4) is 0 Å². The quantitative estimate of drug-likeness (QED) is 0.106. The van der Waals surface area contributed by atoms with Crippen molar-refractivity contribution in [1.82, 2.24) is 0 Å². The number of aliphatic hydroxyl groups is 10. The van der Waals surface area contributed by atoms with Crippen LogP contribution in [0.5, 0.6) is 0 Å². The van der Waals surface area contributed by atoms with Crippen LogP contribution < -0.4 is 0 Å². The van der Waals surface area contributed by atoms with E-state index in [2.05, 4.69) is 54.5 Å². The molecule has 23 unspecified atom stereocenters. The summed E-state index contributed by atoms with van der Waals surface area (Å²) in [6.45, 7) is 13.9. The average molecular weight is 943 g/mol. The highest BCUT2D eigenvalue weighted by Gasteiger charge is 2.70. The fourth-order valence-corrected chi connectivity index (χ4v) is 15.1. The van der Waals surface area contributed by atoms with Crippen molar-refractivity contribution in [2.75, 3.05) is 19.8 Å². The summed E-state index contributed by atoms with van der Waals surface area (Å²) in [5, 5.41) is 117. The molecule has 3 heterocycles. The number of fused-ring (bicyclic) bond motifs is 7. The van der Waals surface area contributed by atoms with Crippen LogP contribution in [0.15, 0.2) is 11.6 Å². The van der Waals surface area contributed by atoms with Gasteiger partial charge in [-0.1, -0.05) is 60.1 Å². The predicted octanol–water partition coefficient (Wildman–Crippen LogP) is 0.706. The minimum absolute atomic E-state index is 0.00433. The van der Waals surface area contributed by atoms with E-state index in [9.17, 15) is 61.0 Å². The van der Waals surface area contributed by atoms with Gasteiger partial charge in [0.15, 0.2) is 18.9 Å². The van der Waals surface area contributed by atoms with Crippen LogP contribution in [-0.4, -0.2) is 180 Å². The normalized spacial score (nSPS) is 53.3. The van der Waals surface area contributed by atoms with Gasteiger partial charge in [-0.15, -0.1) is 0 Å². The third kappa shape index (κ3) is 7.87. The van der Waals surface area contributed by atoms with Crippen LogP contribution in [0.2, 0.25) is 0 Å². The molecule has 23 atom stereocenters. The van der Waals surface area contributed by atoms with E-state index in [1.807, 2.05) is 0 Å². The van der Waals surface area contributed by atoms with Gasteiger partial charge in [-0.2, -0.15) is 0 Å². The second kappa shape index (κ2) is 18.0. The van der Waals surface area contributed by atoms with Gasteiger partial charge < -0.3 is 84.6 Å². The van der Waals surface area contributed by atoms with Crippen molar-refractivity contribution in [3.05, 3.63) is 11.6 Å². The van der Waals surface area contributed by atoms with Crippen LogP contribution in [0.25, 0.3) is 0 Å². The number of aliphatic carboxylic acids is 1. The highest BCUT2D eigenvalue weighted by Crippen LogP contribution is 2.76. The number of ether oxygens (including phenoxy) is 6. The number of hydrogen-bond acceptors (Lipinski definition) is 17. The van der Waals surface area contributed by atoms with Crippen molar-refractivity contribution in [2.24, 2.45) is 50.2 Å². The standard InChI is InChI=1S/C48H78O18/c1-43(2)14-16-48(42(59)60)17-15-46(6)22(23(48)18-43)8-9-28-45(5)12-11-29(44(3,4)27(45)10-13-47(28,46)7)64-41-38(66-40-35(57)33(55)31(53)25(20-50)62-40)36(58)37(26(21-51)63-41)65-39-34(56)32(54)30(52)24(19-49)61-39/h8,23-41,49-58H,9-21H2,1-7H3,(H,59,60). The van der Waals surface area contributed by atoms with Crippen LogP contribution in [-0.2, 0) is 33.2 Å². The maximum atomic E-state index is 13.2. The fourth-order valence-electron chi connectivity index (χ4n) is 15.1. The Hall–Kier alpha value is -1.43. The zero-order valence-electron chi connectivity index (χ0n) is 39.5. The Kier molecular flexibility index (Phi) is 13.9. The van der Waals surface area contributed by atoms with Gasteiger partial charge in [-0.05, 0) is 109 Å². The summed E-state index contributed by atoms with van der Waals surface area (Å²) in [6, 6.07) is 0. The van der Waals surface area contributed by atoms with Crippen LogP contribution >= 0.6 is 0 Å². The highest BCUT2D eigenvalue weighted by molar-refractivity contribution is 5.76. The number of hydrogen-bond donors (Lipinski definition) is 11. The van der Waals surface area contributed by atoms with Gasteiger partial charge >= 0.3 is 5.97 Å². The molecule has 5 aliphatic carbocycles. The van der Waals surface area contributed by atoms with E-state index in [4.69, 9.17) is 28.4 Å². The zero-order valence-corrected chi connectivity index (χ0v) is 39.5. The first kappa shape index (κ1) is 50.9. The third-order valence-electron chi connectivity index (χ3n) is 19.4. The van der Waals surface area contributed by atoms with Crippen molar-refractivity contribution in [3.63, 3.8) is 0 Å². The molecule has 3 saturated heterocycles. The molecule has 0 amide bonds. The van der Waals surface area contributed by atoms with E-state index in [1.54, 1.807) is 0 Å². The summed E-state index contributed by atoms with van der Waals surface area (Å²) in [5.74, 6) is -0.229. The molecule has 378 valence electrons. The Morgan fingerprint density at radius 2 is 1.15 bits per heavy atom. The predicted molar refractivity (Wildman–Crippen MR) is 231 cm³/mol. The first-order valence-electron chi connectivity index (χ1n) is 24.3. The molecule has 0 bridgehead atoms. The van der Waals surface area contributed by atoms with E-state index < -0.39 is 135 Å². The lowest BCUT2D eigenvalue weighted by atomic mass is 9.33. The van der Waals surface area contributed by atoms with Gasteiger partial charge in [0, 0.05) is 0 Å². The lowest BCUT2D eigenvalue weighted by Gasteiger charge is -2.71. The van der Waals surface area contributed by atoms with E-state index in [0.717, 1.165) is 44.9 Å². The van der Waals surface area contributed by atoms with Gasteiger partial charge in [0.1, 0.15) is 73.2 Å². The Balaban J connectivity index is 1.07. The van der Waals surface area contributed by atoms with Gasteiger partial charge in [0.25, 0.3) is 0 Å². The van der Waals surface area contributed by atoms with Crippen molar-refractivity contribution < 1.29 is 89.4 Å². The van der Waals surface area contributed by atoms with Gasteiger partial charge in [-0.25, -0.2) is 0 Å². The van der Waals surface area contributed by atoms with Crippen LogP contribution in [0.1, 0.15) is 113 Å². The summed E-state index contributed by atoms with van der Waals surface area (Å²) in [5.41, 5.74) is -0.256. The Bertz CT molecular complexity index is 1790. The molecule has 18 nitrogen and oxygen atoms in total. The number of aliphatic hydroxyl groups excluding tert-OH is 10. The maximum absolute atomic E-state index is 13.2. The molecule has 8 rings (SSSR count). The molecule has 66 heavy (non-hydrogen) atoms. The molecule has 0 aromatic heterocycles. The van der Waals surface area contributed by atoms with Crippen LogP contribution in [0.4, 0.5) is 0 Å². The molecule has 0 aromatic carbocycles. The molecule has 0 spiro atoms. The molecule has 0 aromatic rings. The molecule has 4 saturated carbocycles. The summed E-state index contributed by atoms with van der Waals surface area (Å²) in [4.78, 5) is 13.2. The van der Waals surface area contributed by atoms with Crippen molar-refractivity contribution in [2.45, 2.75) is 211 Å². The maximum Gasteiger partial charge on any atom is 0.310 e. The lowest BCUT2D eigenvalue weighted by molar-refractivity contribution is -0.395. The van der Waals surface area contributed by atoms with E-state index >= 15 is 0 Å². The smallest absolute Gasteiger partial charge is 0.310 e. The Morgan fingerprint density at radius 1 is 0.606 bits per heavy atom. The van der Waals surface area contributed by atoms with Crippen LogP contribution in [0.3, 0.4) is 0 Å². The molecule has 3 aliphatic heterocycles. The van der Waals surface area contributed by atoms with Crippen molar-refractivity contribution >= 4 is 5.97 Å². The third-order valence-corrected chi connectivity index (χ3v) is 19.4. The first-order valence-corrected chi connectivity index (χ1v) is 24.3. The average Bonchev–Trinajstić information content (AvgIpc) is 3.26. The minimum atomic E-state index is -1.87. The number of carboxylic acid groups (broad SMARTS) is 1. The molecule has 7 fully saturated rings. The second-order valence-electron chi connectivity index (χ2n) is 23.5. The number of rotatable bonds is 10. The summed E-state index contributed by atoms with van der Waals surface area (Å²) in [7, 11) is 0. The monoisotopic (exact) mass is 943 g/mol. The first-order chi connectivity index (χ1) is 30.9. The molecule has 11 N–H and O–H groups in total. The SMILES string of the molecule is CC1(C)CCC2(C(=O)O)CCC3(C)C(=CCC4C5(C)CCC(OC6OC(CO)C(OC7OC(CO)C(O)C(O)C7O)C(O)C6OC6OC(CO)C(O)C(O)C6O)C(C)(C)C5CCC43C)C2C1. The molecular formula is C48H78O18. The summed E-state index contributed by atoms with van der Waals surface area (Å²) >= 11 is 0. The molecular weight excluding hydrogens is 865 g/mol. The zero-order chi connectivity index (χ0) is 48.3. The summed E-state index contributed by atoms with van der Waals surface area (Å²) < 4.78 is 36.7. The topological polar surface area (TPSA) is 295 Å². The van der Waals surface area contributed by atoms with Gasteiger partial charge in [-0.3, -0.25) is 4.79 Å². The van der Waals surface area contributed by atoms with Crippen molar-refractivity contribution in [1.29, 1.82) is 0 Å². The van der Waals surface area contributed by atoms with E-state index in [1.165, 1.54) is 5.57 Å². The summed E-state index contributed by atoms with van der Waals surface area (Å²) in [6.07, 6.45) is -14.9. The largest absolute Gasteiger partial charge is 0.481 e. The minimum Gasteiger partial charge on any atom is -0.481 e. The van der Waals surface area contributed by atoms with Crippen LogP contribution in [0, 0.1) is 50.2 Å².